The van der Waals surface area contributed by atoms with Crippen LogP contribution in [0.5, 0.6) is 0 Å². The van der Waals surface area contributed by atoms with Crippen molar-refractivity contribution in [3.8, 4) is 0 Å². The minimum atomic E-state index is -0.808. The first-order chi connectivity index (χ1) is 8.75. The van der Waals surface area contributed by atoms with Crippen molar-refractivity contribution in [3.63, 3.8) is 0 Å². The molecule has 0 fully saturated rings. The lowest BCUT2D eigenvalue weighted by Crippen LogP contribution is -2.39. The standard InChI is InChI=1S/C15H24F2N2/c1-10(15(2,3)4)8-12(19-18)9-11-6-5-7-13(16)14(11)17/h5-7,10,12,19H,8-9,18H2,1-4H3. The topological polar surface area (TPSA) is 38.0 Å². The van der Waals surface area contributed by atoms with E-state index in [2.05, 4.69) is 33.1 Å². The Bertz CT molecular complexity index is 413. The zero-order valence-electron chi connectivity index (χ0n) is 12.1. The van der Waals surface area contributed by atoms with Crippen molar-refractivity contribution in [2.24, 2.45) is 17.2 Å². The molecule has 0 radical (unpaired) electrons. The van der Waals surface area contributed by atoms with Crippen LogP contribution in [0.2, 0.25) is 0 Å². The van der Waals surface area contributed by atoms with Gasteiger partial charge in [-0.05, 0) is 35.8 Å². The Morgan fingerprint density at radius 3 is 2.42 bits per heavy atom. The van der Waals surface area contributed by atoms with Crippen LogP contribution >= 0.6 is 0 Å². The molecule has 0 aliphatic heterocycles. The molecule has 0 aliphatic carbocycles. The second-order valence-corrected chi connectivity index (χ2v) is 6.28. The second-order valence-electron chi connectivity index (χ2n) is 6.28. The number of hydrazine groups is 1. The molecule has 1 rings (SSSR count). The van der Waals surface area contributed by atoms with Gasteiger partial charge in [-0.25, -0.2) is 8.78 Å². The van der Waals surface area contributed by atoms with E-state index in [4.69, 9.17) is 5.84 Å². The number of nitrogens with one attached hydrogen (secondary N) is 1. The average Bonchev–Trinajstić information content (AvgIpc) is 2.32. The lowest BCUT2D eigenvalue weighted by atomic mass is 9.78. The lowest BCUT2D eigenvalue weighted by Gasteiger charge is -2.30. The van der Waals surface area contributed by atoms with E-state index in [1.807, 2.05) is 0 Å². The van der Waals surface area contributed by atoms with Crippen LogP contribution in [0.4, 0.5) is 8.78 Å². The number of halogens is 2. The fourth-order valence-corrected chi connectivity index (χ4v) is 1.96. The highest BCUT2D eigenvalue weighted by molar-refractivity contribution is 5.20. The van der Waals surface area contributed by atoms with Gasteiger partial charge in [-0.15, -0.1) is 0 Å². The largest absolute Gasteiger partial charge is 0.271 e. The summed E-state index contributed by atoms with van der Waals surface area (Å²) in [6, 6.07) is 4.19. The molecule has 0 heterocycles. The third kappa shape index (κ3) is 4.55. The predicted molar refractivity (Wildman–Crippen MR) is 74.4 cm³/mol. The fraction of sp³-hybridized carbons (Fsp3) is 0.600. The van der Waals surface area contributed by atoms with E-state index in [1.54, 1.807) is 6.07 Å². The summed E-state index contributed by atoms with van der Waals surface area (Å²) in [5.74, 6) is 4.38. The molecule has 1 aromatic rings. The average molecular weight is 270 g/mol. The van der Waals surface area contributed by atoms with E-state index in [-0.39, 0.29) is 11.5 Å². The molecule has 2 nitrogen and oxygen atoms in total. The molecule has 1 aromatic carbocycles. The van der Waals surface area contributed by atoms with Gasteiger partial charge in [0.05, 0.1) is 0 Å². The van der Waals surface area contributed by atoms with Crippen LogP contribution in [0.1, 0.15) is 39.7 Å². The summed E-state index contributed by atoms with van der Waals surface area (Å²) in [7, 11) is 0. The fourth-order valence-electron chi connectivity index (χ4n) is 1.96. The van der Waals surface area contributed by atoms with Crippen molar-refractivity contribution in [3.05, 3.63) is 35.4 Å². The molecule has 2 unspecified atom stereocenters. The van der Waals surface area contributed by atoms with Gasteiger partial charge in [0, 0.05) is 6.04 Å². The van der Waals surface area contributed by atoms with Crippen LogP contribution in [0.25, 0.3) is 0 Å². The second kappa shape index (κ2) is 6.44. The van der Waals surface area contributed by atoms with Gasteiger partial charge in [0.15, 0.2) is 11.6 Å². The quantitative estimate of drug-likeness (QED) is 0.635. The molecule has 3 N–H and O–H groups in total. The summed E-state index contributed by atoms with van der Waals surface area (Å²) >= 11 is 0. The van der Waals surface area contributed by atoms with Gasteiger partial charge in [0.25, 0.3) is 0 Å². The predicted octanol–water partition coefficient (Wildman–Crippen LogP) is 3.41. The Balaban J connectivity index is 2.75. The Hall–Kier alpha value is -1.00. The van der Waals surface area contributed by atoms with E-state index >= 15 is 0 Å². The number of benzene rings is 1. The summed E-state index contributed by atoms with van der Waals surface area (Å²) in [6.07, 6.45) is 1.20. The third-order valence-corrected chi connectivity index (χ3v) is 3.85. The van der Waals surface area contributed by atoms with Gasteiger partial charge in [-0.3, -0.25) is 11.3 Å². The van der Waals surface area contributed by atoms with Gasteiger partial charge >= 0.3 is 0 Å². The molecule has 2 atom stereocenters. The van der Waals surface area contributed by atoms with Gasteiger partial charge in [0.2, 0.25) is 0 Å². The van der Waals surface area contributed by atoms with Gasteiger partial charge in [0.1, 0.15) is 0 Å². The van der Waals surface area contributed by atoms with Crippen LogP contribution in [0, 0.1) is 23.0 Å². The minimum Gasteiger partial charge on any atom is -0.271 e. The number of hydrogen-bond donors (Lipinski definition) is 2. The Morgan fingerprint density at radius 2 is 1.89 bits per heavy atom. The zero-order valence-corrected chi connectivity index (χ0v) is 12.1. The Labute approximate surface area is 114 Å². The maximum absolute atomic E-state index is 13.6. The summed E-state index contributed by atoms with van der Waals surface area (Å²) in [4.78, 5) is 0. The molecule has 0 saturated heterocycles. The van der Waals surface area contributed by atoms with Crippen molar-refractivity contribution in [1.29, 1.82) is 0 Å². The maximum Gasteiger partial charge on any atom is 0.162 e. The number of rotatable bonds is 5. The SMILES string of the molecule is CC(CC(Cc1cccc(F)c1F)NN)C(C)(C)C. The first kappa shape index (κ1) is 16.1. The maximum atomic E-state index is 13.6. The van der Waals surface area contributed by atoms with Crippen molar-refractivity contribution >= 4 is 0 Å². The van der Waals surface area contributed by atoms with Crippen molar-refractivity contribution < 1.29 is 8.78 Å². The van der Waals surface area contributed by atoms with E-state index in [9.17, 15) is 8.78 Å². The molecule has 0 spiro atoms. The first-order valence-corrected chi connectivity index (χ1v) is 6.64. The summed E-state index contributed by atoms with van der Waals surface area (Å²) in [5, 5.41) is 0. The number of hydrogen-bond acceptors (Lipinski definition) is 2. The molecule has 0 amide bonds. The van der Waals surface area contributed by atoms with E-state index in [1.165, 1.54) is 6.07 Å². The Kier molecular flexibility index (Phi) is 5.44. The lowest BCUT2D eigenvalue weighted by molar-refractivity contribution is 0.222. The van der Waals surface area contributed by atoms with Gasteiger partial charge in [-0.1, -0.05) is 39.8 Å². The van der Waals surface area contributed by atoms with Crippen LogP contribution in [0.3, 0.4) is 0 Å². The Morgan fingerprint density at radius 1 is 1.26 bits per heavy atom. The normalized spacial score (nSPS) is 15.3. The third-order valence-electron chi connectivity index (χ3n) is 3.85. The van der Waals surface area contributed by atoms with E-state index in [0.717, 1.165) is 12.5 Å². The highest BCUT2D eigenvalue weighted by atomic mass is 19.2. The molecule has 0 aromatic heterocycles. The van der Waals surface area contributed by atoms with E-state index in [0.29, 0.717) is 17.9 Å². The van der Waals surface area contributed by atoms with Crippen LogP contribution in [-0.2, 0) is 6.42 Å². The molecule has 108 valence electrons. The van der Waals surface area contributed by atoms with Gasteiger partial charge in [-0.2, -0.15) is 0 Å². The smallest absolute Gasteiger partial charge is 0.162 e. The highest BCUT2D eigenvalue weighted by Crippen LogP contribution is 2.29. The summed E-state index contributed by atoms with van der Waals surface area (Å²) in [5.41, 5.74) is 3.24. The molecule has 19 heavy (non-hydrogen) atoms. The summed E-state index contributed by atoms with van der Waals surface area (Å²) < 4.78 is 26.8. The molecule has 0 saturated carbocycles. The monoisotopic (exact) mass is 270 g/mol. The number of nitrogens with two attached hydrogens (primary N) is 1. The molecule has 4 heteroatoms. The minimum absolute atomic E-state index is 0.0643. The van der Waals surface area contributed by atoms with Crippen LogP contribution in [-0.4, -0.2) is 6.04 Å². The van der Waals surface area contributed by atoms with Crippen LogP contribution < -0.4 is 11.3 Å². The van der Waals surface area contributed by atoms with Crippen LogP contribution in [0.15, 0.2) is 18.2 Å². The zero-order chi connectivity index (χ0) is 14.6. The van der Waals surface area contributed by atoms with Gasteiger partial charge < -0.3 is 0 Å². The van der Waals surface area contributed by atoms with Crippen molar-refractivity contribution in [2.75, 3.05) is 0 Å². The highest BCUT2D eigenvalue weighted by Gasteiger charge is 2.24. The first-order valence-electron chi connectivity index (χ1n) is 6.64. The van der Waals surface area contributed by atoms with Crippen molar-refractivity contribution in [1.82, 2.24) is 5.43 Å². The summed E-state index contributed by atoms with van der Waals surface area (Å²) in [6.45, 7) is 8.63. The molecular formula is C15H24F2N2. The van der Waals surface area contributed by atoms with E-state index < -0.39 is 11.6 Å². The molecule has 0 bridgehead atoms. The van der Waals surface area contributed by atoms with Crippen molar-refractivity contribution in [2.45, 2.75) is 46.6 Å². The molecular weight excluding hydrogens is 246 g/mol. The molecule has 0 aliphatic rings.